The summed E-state index contributed by atoms with van der Waals surface area (Å²) in [6, 6.07) is 11.4. The Morgan fingerprint density at radius 3 is 2.62 bits per heavy atom. The van der Waals surface area contributed by atoms with Gasteiger partial charge in [0, 0.05) is 36.8 Å². The molecule has 2 heterocycles. The van der Waals surface area contributed by atoms with Crippen molar-refractivity contribution >= 4 is 33.4 Å². The Balaban J connectivity index is 1.31. The molecule has 0 atom stereocenters. The molecule has 166 valence electrons. The van der Waals surface area contributed by atoms with Crippen molar-refractivity contribution in [3.63, 3.8) is 0 Å². The van der Waals surface area contributed by atoms with Crippen LogP contribution in [0.4, 0.5) is 5.69 Å². The molecule has 1 saturated carbocycles. The van der Waals surface area contributed by atoms with Gasteiger partial charge in [-0.25, -0.2) is 12.7 Å². The minimum absolute atomic E-state index is 0.103. The molecule has 1 saturated heterocycles. The van der Waals surface area contributed by atoms with E-state index in [1.165, 1.54) is 18.2 Å². The van der Waals surface area contributed by atoms with Crippen LogP contribution in [0.5, 0.6) is 0 Å². The van der Waals surface area contributed by atoms with Gasteiger partial charge in [0.05, 0.1) is 5.56 Å². The first kappa shape index (κ1) is 20.7. The second kappa shape index (κ2) is 7.74. The fourth-order valence-electron chi connectivity index (χ4n) is 4.26. The molecule has 2 aromatic carbocycles. The Kier molecular flexibility index (Phi) is 5.00. The Bertz CT molecular complexity index is 1240. The zero-order valence-electron chi connectivity index (χ0n) is 17.4. The zero-order chi connectivity index (χ0) is 22.5. The smallest absolute Gasteiger partial charge is 0.269 e. The van der Waals surface area contributed by atoms with Crippen LogP contribution in [-0.2, 0) is 21.4 Å². The Hall–Kier alpha value is -3.20. The summed E-state index contributed by atoms with van der Waals surface area (Å²) in [4.78, 5) is 39.0. The van der Waals surface area contributed by atoms with E-state index in [0.29, 0.717) is 25.8 Å². The molecule has 3 amide bonds. The number of carbonyl (C=O) groups is 3. The van der Waals surface area contributed by atoms with E-state index in [2.05, 4.69) is 5.32 Å². The van der Waals surface area contributed by atoms with E-state index in [1.54, 1.807) is 4.90 Å². The number of hydrogen-bond donors (Lipinski definition) is 1. The van der Waals surface area contributed by atoms with Crippen molar-refractivity contribution in [2.75, 3.05) is 11.4 Å². The quantitative estimate of drug-likeness (QED) is 0.749. The van der Waals surface area contributed by atoms with Crippen LogP contribution in [0.1, 0.15) is 58.4 Å². The number of nitrogens with one attached hydrogen (secondary N) is 1. The number of amides is 3. The molecule has 0 bridgehead atoms. The fraction of sp³-hybridized carbons (Fsp3) is 0.348. The standard InChI is InChI=1S/C23H23N3O5S/c27-21-6-1-2-11-25(21)18-5-3-4-15(12-18)14-24-22(28)16-7-10-19-20(13-16)32(30,31)26(23(19)29)17-8-9-17/h3-5,7,10,12-13,17H,1-2,6,8-9,11,14H2,(H,24,28). The number of carbonyl (C=O) groups excluding carboxylic acids is 3. The van der Waals surface area contributed by atoms with E-state index in [1.807, 2.05) is 24.3 Å². The Morgan fingerprint density at radius 1 is 1.06 bits per heavy atom. The Labute approximate surface area is 186 Å². The second-order valence-corrected chi connectivity index (χ2v) is 10.2. The van der Waals surface area contributed by atoms with Gasteiger partial charge in [0.15, 0.2) is 0 Å². The molecular formula is C23H23N3O5S. The molecule has 2 aliphatic heterocycles. The van der Waals surface area contributed by atoms with Gasteiger partial charge in [-0.15, -0.1) is 0 Å². The first-order valence-electron chi connectivity index (χ1n) is 10.8. The lowest BCUT2D eigenvalue weighted by Gasteiger charge is -2.27. The molecule has 0 radical (unpaired) electrons. The van der Waals surface area contributed by atoms with Crippen LogP contribution in [0.3, 0.4) is 0 Å². The maximum atomic E-state index is 12.8. The minimum atomic E-state index is -3.91. The van der Waals surface area contributed by atoms with Crippen molar-refractivity contribution in [2.45, 2.75) is 49.6 Å². The van der Waals surface area contributed by atoms with Crippen molar-refractivity contribution in [1.29, 1.82) is 0 Å². The summed E-state index contributed by atoms with van der Waals surface area (Å²) < 4.78 is 26.5. The number of benzene rings is 2. The van der Waals surface area contributed by atoms with Gasteiger partial charge in [0.2, 0.25) is 5.91 Å². The van der Waals surface area contributed by atoms with Gasteiger partial charge < -0.3 is 10.2 Å². The molecule has 1 N–H and O–H groups in total. The number of piperidine rings is 1. The molecule has 0 spiro atoms. The number of rotatable bonds is 5. The largest absolute Gasteiger partial charge is 0.348 e. The van der Waals surface area contributed by atoms with E-state index in [4.69, 9.17) is 0 Å². The lowest BCUT2D eigenvalue weighted by Crippen LogP contribution is -2.35. The minimum Gasteiger partial charge on any atom is -0.348 e. The molecule has 32 heavy (non-hydrogen) atoms. The van der Waals surface area contributed by atoms with Crippen molar-refractivity contribution in [3.8, 4) is 0 Å². The van der Waals surface area contributed by atoms with Gasteiger partial charge in [-0.05, 0) is 61.6 Å². The van der Waals surface area contributed by atoms with Crippen LogP contribution in [0, 0.1) is 0 Å². The highest BCUT2D eigenvalue weighted by Gasteiger charge is 2.48. The number of sulfonamides is 1. The average molecular weight is 454 g/mol. The lowest BCUT2D eigenvalue weighted by atomic mass is 10.1. The number of anilines is 1. The van der Waals surface area contributed by atoms with Crippen LogP contribution < -0.4 is 10.2 Å². The third-order valence-corrected chi connectivity index (χ3v) is 7.96. The third-order valence-electron chi connectivity index (χ3n) is 6.09. The Morgan fingerprint density at radius 2 is 1.88 bits per heavy atom. The zero-order valence-corrected chi connectivity index (χ0v) is 18.2. The van der Waals surface area contributed by atoms with Gasteiger partial charge >= 0.3 is 0 Å². The summed E-state index contributed by atoms with van der Waals surface area (Å²) in [6.07, 6.45) is 3.77. The van der Waals surface area contributed by atoms with Crippen LogP contribution in [-0.4, -0.2) is 43.0 Å². The SMILES string of the molecule is O=C(NCc1cccc(N2CCCCC2=O)c1)c1ccc2c(c1)S(=O)(=O)N(C1CC1)C2=O. The molecular weight excluding hydrogens is 430 g/mol. The molecule has 2 fully saturated rings. The first-order chi connectivity index (χ1) is 15.4. The molecule has 8 nitrogen and oxygen atoms in total. The molecule has 9 heteroatoms. The predicted molar refractivity (Wildman–Crippen MR) is 117 cm³/mol. The molecule has 5 rings (SSSR count). The van der Waals surface area contributed by atoms with E-state index in [0.717, 1.165) is 28.4 Å². The van der Waals surface area contributed by atoms with Gasteiger partial charge in [0.1, 0.15) is 4.90 Å². The lowest BCUT2D eigenvalue weighted by molar-refractivity contribution is -0.119. The summed E-state index contributed by atoms with van der Waals surface area (Å²) in [6.45, 7) is 0.917. The van der Waals surface area contributed by atoms with Crippen LogP contribution in [0.2, 0.25) is 0 Å². The van der Waals surface area contributed by atoms with E-state index < -0.39 is 21.8 Å². The summed E-state index contributed by atoms with van der Waals surface area (Å²) in [7, 11) is -3.91. The maximum Gasteiger partial charge on any atom is 0.269 e. The summed E-state index contributed by atoms with van der Waals surface area (Å²) in [5.41, 5.74) is 1.94. The molecule has 0 unspecified atom stereocenters. The molecule has 3 aliphatic rings. The molecule has 2 aromatic rings. The van der Waals surface area contributed by atoms with Crippen molar-refractivity contribution < 1.29 is 22.8 Å². The first-order valence-corrected chi connectivity index (χ1v) is 12.2. The van der Waals surface area contributed by atoms with Gasteiger partial charge in [-0.3, -0.25) is 14.4 Å². The summed E-state index contributed by atoms with van der Waals surface area (Å²) >= 11 is 0. The van der Waals surface area contributed by atoms with Crippen LogP contribution in [0.15, 0.2) is 47.4 Å². The van der Waals surface area contributed by atoms with Crippen molar-refractivity contribution in [2.24, 2.45) is 0 Å². The second-order valence-electron chi connectivity index (χ2n) is 8.40. The van der Waals surface area contributed by atoms with Crippen LogP contribution >= 0.6 is 0 Å². The fourth-order valence-corrected chi connectivity index (χ4v) is 6.10. The normalized spacial score (nSPS) is 19.8. The molecule has 1 aliphatic carbocycles. The van der Waals surface area contributed by atoms with Crippen molar-refractivity contribution in [3.05, 3.63) is 59.2 Å². The van der Waals surface area contributed by atoms with E-state index in [9.17, 15) is 22.8 Å². The topological polar surface area (TPSA) is 104 Å². The molecule has 0 aromatic heterocycles. The highest BCUT2D eigenvalue weighted by Crippen LogP contribution is 2.39. The third kappa shape index (κ3) is 3.56. The van der Waals surface area contributed by atoms with E-state index >= 15 is 0 Å². The van der Waals surface area contributed by atoms with Crippen molar-refractivity contribution in [1.82, 2.24) is 9.62 Å². The number of fused-ring (bicyclic) bond motifs is 1. The van der Waals surface area contributed by atoms with Gasteiger partial charge in [-0.1, -0.05) is 12.1 Å². The highest BCUT2D eigenvalue weighted by molar-refractivity contribution is 7.90. The van der Waals surface area contributed by atoms with Gasteiger partial charge in [0.25, 0.3) is 21.8 Å². The highest BCUT2D eigenvalue weighted by atomic mass is 32.2. The van der Waals surface area contributed by atoms with Crippen LogP contribution in [0.25, 0.3) is 0 Å². The summed E-state index contributed by atoms with van der Waals surface area (Å²) in [5, 5.41) is 2.80. The maximum absolute atomic E-state index is 12.8. The monoisotopic (exact) mass is 453 g/mol. The average Bonchev–Trinajstić information content (AvgIpc) is 3.59. The number of hydrogen-bond acceptors (Lipinski definition) is 5. The predicted octanol–water partition coefficient (Wildman–Crippen LogP) is 2.44. The number of nitrogens with zero attached hydrogens (tertiary/aromatic N) is 2. The van der Waals surface area contributed by atoms with E-state index in [-0.39, 0.29) is 34.5 Å². The summed E-state index contributed by atoms with van der Waals surface area (Å²) in [5.74, 6) is -0.843. The van der Waals surface area contributed by atoms with Gasteiger partial charge in [-0.2, -0.15) is 0 Å².